The molecule has 18 heavy (non-hydrogen) atoms. The van der Waals surface area contributed by atoms with Gasteiger partial charge in [-0.15, -0.1) is 0 Å². The second-order valence-corrected chi connectivity index (χ2v) is 4.90. The van der Waals surface area contributed by atoms with E-state index in [9.17, 15) is 9.90 Å². The van der Waals surface area contributed by atoms with Gasteiger partial charge in [-0.25, -0.2) is 0 Å². The van der Waals surface area contributed by atoms with Crippen molar-refractivity contribution in [3.8, 4) is 11.5 Å². The third-order valence-corrected chi connectivity index (χ3v) is 3.45. The van der Waals surface area contributed by atoms with Crippen LogP contribution in [0.5, 0.6) is 11.5 Å². The normalized spacial score (nSPS) is 17.6. The minimum atomic E-state index is -0.00311. The second kappa shape index (κ2) is 5.87. The number of phenolic OH excluding ortho intramolecular Hbond substituents is 1. The molecule has 0 bridgehead atoms. The summed E-state index contributed by atoms with van der Waals surface area (Å²) in [6.45, 7) is 2.91. The van der Waals surface area contributed by atoms with Crippen molar-refractivity contribution in [1.29, 1.82) is 0 Å². The van der Waals surface area contributed by atoms with Crippen molar-refractivity contribution >= 4 is 6.29 Å². The lowest BCUT2D eigenvalue weighted by Gasteiger charge is -2.28. The maximum Gasteiger partial charge on any atom is 0.153 e. The molecule has 1 N–H and O–H groups in total. The molecular weight excluding hydrogens is 230 g/mol. The molecule has 4 nitrogen and oxygen atoms in total. The van der Waals surface area contributed by atoms with Crippen molar-refractivity contribution in [3.63, 3.8) is 0 Å². The van der Waals surface area contributed by atoms with Crippen molar-refractivity contribution in [1.82, 2.24) is 4.90 Å². The maximum atomic E-state index is 10.7. The summed E-state index contributed by atoms with van der Waals surface area (Å²) in [5, 5.41) is 9.39. The van der Waals surface area contributed by atoms with Crippen LogP contribution in [0, 0.1) is 5.92 Å². The van der Waals surface area contributed by atoms with E-state index in [1.807, 2.05) is 0 Å². The number of benzene rings is 1. The van der Waals surface area contributed by atoms with Crippen LogP contribution in [0.1, 0.15) is 23.2 Å². The summed E-state index contributed by atoms with van der Waals surface area (Å²) in [4.78, 5) is 13.0. The molecule has 1 saturated heterocycles. The number of aldehydes is 1. The predicted octanol–water partition coefficient (Wildman–Crippen LogP) is 1.93. The van der Waals surface area contributed by atoms with Crippen LogP contribution in [-0.4, -0.2) is 43.0 Å². The lowest BCUT2D eigenvalue weighted by molar-refractivity contribution is 0.112. The molecule has 0 aliphatic carbocycles. The maximum absolute atomic E-state index is 10.7. The van der Waals surface area contributed by atoms with Gasteiger partial charge in [0.25, 0.3) is 0 Å². The van der Waals surface area contributed by atoms with E-state index in [-0.39, 0.29) is 11.3 Å². The molecule has 1 aliphatic rings. The zero-order valence-electron chi connectivity index (χ0n) is 10.6. The highest BCUT2D eigenvalue weighted by Gasteiger charge is 2.17. The zero-order valence-corrected chi connectivity index (χ0v) is 10.6. The molecular formula is C14H19NO3. The Bertz CT molecular complexity index is 412. The molecule has 98 valence electrons. The number of piperidine rings is 1. The molecule has 0 saturated carbocycles. The molecule has 0 aromatic heterocycles. The molecule has 0 atom stereocenters. The molecule has 1 aromatic carbocycles. The average Bonchev–Trinajstić information content (AvgIpc) is 2.39. The number of nitrogens with zero attached hydrogens (tertiary/aromatic N) is 1. The van der Waals surface area contributed by atoms with Gasteiger partial charge in [-0.05, 0) is 57.1 Å². The fraction of sp³-hybridized carbons (Fsp3) is 0.500. The Morgan fingerprint density at radius 3 is 2.83 bits per heavy atom. The van der Waals surface area contributed by atoms with Gasteiger partial charge in [-0.1, -0.05) is 0 Å². The number of hydrogen-bond donors (Lipinski definition) is 1. The number of rotatable bonds is 4. The summed E-state index contributed by atoms with van der Waals surface area (Å²) in [6, 6.07) is 4.77. The molecule has 4 heteroatoms. The SMILES string of the molecule is CN1CCC(COc2ccc(O)c(C=O)c2)CC1. The van der Waals surface area contributed by atoms with Gasteiger partial charge in [0.1, 0.15) is 11.5 Å². The van der Waals surface area contributed by atoms with Crippen LogP contribution in [0.3, 0.4) is 0 Å². The summed E-state index contributed by atoms with van der Waals surface area (Å²) < 4.78 is 5.69. The van der Waals surface area contributed by atoms with E-state index in [4.69, 9.17) is 4.74 Å². The van der Waals surface area contributed by atoms with Gasteiger partial charge in [0, 0.05) is 0 Å². The number of hydrogen-bond acceptors (Lipinski definition) is 4. The fourth-order valence-corrected chi connectivity index (χ4v) is 2.16. The largest absolute Gasteiger partial charge is 0.507 e. The van der Waals surface area contributed by atoms with Crippen LogP contribution in [0.4, 0.5) is 0 Å². The topological polar surface area (TPSA) is 49.8 Å². The Labute approximate surface area is 107 Å². The molecule has 1 aliphatic heterocycles. The average molecular weight is 249 g/mol. The highest BCUT2D eigenvalue weighted by molar-refractivity contribution is 5.79. The van der Waals surface area contributed by atoms with Gasteiger partial charge < -0.3 is 14.7 Å². The van der Waals surface area contributed by atoms with Crippen LogP contribution in [0.15, 0.2) is 18.2 Å². The second-order valence-electron chi connectivity index (χ2n) is 4.90. The van der Waals surface area contributed by atoms with Crippen molar-refractivity contribution in [2.45, 2.75) is 12.8 Å². The lowest BCUT2D eigenvalue weighted by atomic mass is 9.98. The summed E-state index contributed by atoms with van der Waals surface area (Å²) in [6.07, 6.45) is 2.93. The first-order valence-electron chi connectivity index (χ1n) is 6.28. The first-order valence-corrected chi connectivity index (χ1v) is 6.28. The molecule has 2 rings (SSSR count). The Balaban J connectivity index is 1.88. The summed E-state index contributed by atoms with van der Waals surface area (Å²) in [7, 11) is 2.13. The highest BCUT2D eigenvalue weighted by atomic mass is 16.5. The van der Waals surface area contributed by atoms with Crippen LogP contribution in [0.25, 0.3) is 0 Å². The smallest absolute Gasteiger partial charge is 0.153 e. The van der Waals surface area contributed by atoms with Crippen molar-refractivity contribution < 1.29 is 14.6 Å². The van der Waals surface area contributed by atoms with Crippen LogP contribution < -0.4 is 4.74 Å². The van der Waals surface area contributed by atoms with Crippen LogP contribution >= 0.6 is 0 Å². The van der Waals surface area contributed by atoms with Crippen molar-refractivity contribution in [3.05, 3.63) is 23.8 Å². The summed E-state index contributed by atoms with van der Waals surface area (Å²) in [5.41, 5.74) is 0.274. The summed E-state index contributed by atoms with van der Waals surface area (Å²) in [5.74, 6) is 1.22. The molecule has 0 amide bonds. The molecule has 1 heterocycles. The van der Waals surface area contributed by atoms with E-state index in [1.165, 1.54) is 6.07 Å². The fourth-order valence-electron chi connectivity index (χ4n) is 2.16. The number of carbonyl (C=O) groups is 1. The van der Waals surface area contributed by atoms with E-state index in [2.05, 4.69) is 11.9 Å². The Morgan fingerprint density at radius 2 is 2.17 bits per heavy atom. The number of carbonyl (C=O) groups excluding carboxylic acids is 1. The third-order valence-electron chi connectivity index (χ3n) is 3.45. The molecule has 1 fully saturated rings. The number of phenols is 1. The molecule has 0 radical (unpaired) electrons. The number of aromatic hydroxyl groups is 1. The van der Waals surface area contributed by atoms with Gasteiger partial charge in [-0.2, -0.15) is 0 Å². The zero-order chi connectivity index (χ0) is 13.0. The van der Waals surface area contributed by atoms with Crippen molar-refractivity contribution in [2.75, 3.05) is 26.7 Å². The van der Waals surface area contributed by atoms with Crippen molar-refractivity contribution in [2.24, 2.45) is 5.92 Å². The van der Waals surface area contributed by atoms with Gasteiger partial charge in [-0.3, -0.25) is 4.79 Å². The van der Waals surface area contributed by atoms with Gasteiger partial charge >= 0.3 is 0 Å². The van der Waals surface area contributed by atoms with E-state index in [0.29, 0.717) is 24.6 Å². The predicted molar refractivity (Wildman–Crippen MR) is 69.2 cm³/mol. The minimum Gasteiger partial charge on any atom is -0.507 e. The quantitative estimate of drug-likeness (QED) is 0.828. The highest BCUT2D eigenvalue weighted by Crippen LogP contribution is 2.23. The first-order chi connectivity index (χ1) is 8.69. The minimum absolute atomic E-state index is 0.00311. The van der Waals surface area contributed by atoms with Gasteiger partial charge in [0.15, 0.2) is 6.29 Å². The van der Waals surface area contributed by atoms with Gasteiger partial charge in [0.2, 0.25) is 0 Å². The monoisotopic (exact) mass is 249 g/mol. The van der Waals surface area contributed by atoms with Crippen LogP contribution in [0.2, 0.25) is 0 Å². The van der Waals surface area contributed by atoms with E-state index in [0.717, 1.165) is 25.9 Å². The Kier molecular flexibility index (Phi) is 4.20. The molecule has 1 aromatic rings. The van der Waals surface area contributed by atoms with Crippen LogP contribution in [-0.2, 0) is 0 Å². The first kappa shape index (κ1) is 12.9. The summed E-state index contributed by atoms with van der Waals surface area (Å²) >= 11 is 0. The Hall–Kier alpha value is -1.55. The van der Waals surface area contributed by atoms with E-state index in [1.54, 1.807) is 12.1 Å². The van der Waals surface area contributed by atoms with Gasteiger partial charge in [0.05, 0.1) is 12.2 Å². The number of likely N-dealkylation sites (tertiary alicyclic amines) is 1. The lowest BCUT2D eigenvalue weighted by Crippen LogP contribution is -2.32. The standard InChI is InChI=1S/C14H19NO3/c1-15-6-4-11(5-7-15)10-18-13-2-3-14(17)12(8-13)9-16/h2-3,8-9,11,17H,4-7,10H2,1H3. The molecule has 0 spiro atoms. The Morgan fingerprint density at radius 1 is 1.44 bits per heavy atom. The van der Waals surface area contributed by atoms with E-state index < -0.39 is 0 Å². The third kappa shape index (κ3) is 3.23. The van der Waals surface area contributed by atoms with E-state index >= 15 is 0 Å². The number of ether oxygens (including phenoxy) is 1. The molecule has 0 unspecified atom stereocenters.